The molecule has 3 aromatic carbocycles. The van der Waals surface area contributed by atoms with Gasteiger partial charge >= 0.3 is 0 Å². The highest BCUT2D eigenvalue weighted by Crippen LogP contribution is 2.30. The minimum absolute atomic E-state index is 0.141. The van der Waals surface area contributed by atoms with Gasteiger partial charge in [0.25, 0.3) is 0 Å². The first-order valence-corrected chi connectivity index (χ1v) is 12.3. The summed E-state index contributed by atoms with van der Waals surface area (Å²) in [5.41, 5.74) is 9.54. The quantitative estimate of drug-likeness (QED) is 0.345. The van der Waals surface area contributed by atoms with Crippen molar-refractivity contribution in [1.82, 2.24) is 14.9 Å². The number of nitrogens with zero attached hydrogens (tertiary/aromatic N) is 4. The lowest BCUT2D eigenvalue weighted by Crippen LogP contribution is -2.49. The summed E-state index contributed by atoms with van der Waals surface area (Å²) in [6.45, 7) is 4.19. The third-order valence-electron chi connectivity index (χ3n) is 6.40. The normalized spacial score (nSPS) is 13.9. The maximum atomic E-state index is 15.1. The molecule has 10 heteroatoms. The zero-order valence-electron chi connectivity index (χ0n) is 20.9. The summed E-state index contributed by atoms with van der Waals surface area (Å²) in [5.74, 6) is -0.510. The van der Waals surface area contributed by atoms with Crippen LogP contribution in [-0.4, -0.2) is 59.4 Å². The van der Waals surface area contributed by atoms with Crippen LogP contribution in [0.4, 0.5) is 27.4 Å². The summed E-state index contributed by atoms with van der Waals surface area (Å²) in [5, 5.41) is 6.78. The van der Waals surface area contributed by atoms with E-state index in [0.29, 0.717) is 49.2 Å². The number of para-hydroxylation sites is 1. The van der Waals surface area contributed by atoms with Crippen molar-refractivity contribution in [3.63, 3.8) is 0 Å². The van der Waals surface area contributed by atoms with E-state index in [2.05, 4.69) is 15.6 Å². The van der Waals surface area contributed by atoms with Crippen molar-refractivity contribution in [3.8, 4) is 11.1 Å². The first-order valence-electron chi connectivity index (χ1n) is 12.3. The molecule has 0 spiro atoms. The molecule has 1 aromatic heterocycles. The molecule has 0 radical (unpaired) electrons. The van der Waals surface area contributed by atoms with E-state index in [4.69, 9.17) is 10.7 Å². The Morgan fingerprint density at radius 2 is 1.79 bits per heavy atom. The molecule has 38 heavy (non-hydrogen) atoms. The molecule has 0 bridgehead atoms. The first kappa shape index (κ1) is 25.1. The number of hydrogen-bond donors (Lipinski definition) is 3. The topological polar surface area (TPSA) is 116 Å². The summed E-state index contributed by atoms with van der Waals surface area (Å²) in [4.78, 5) is 35.7. The van der Waals surface area contributed by atoms with Crippen LogP contribution in [0.25, 0.3) is 22.0 Å². The summed E-state index contributed by atoms with van der Waals surface area (Å²) >= 11 is 0. The molecule has 2 heterocycles. The van der Waals surface area contributed by atoms with Gasteiger partial charge in [0.15, 0.2) is 0 Å². The van der Waals surface area contributed by atoms with Crippen LogP contribution in [0.3, 0.4) is 0 Å². The van der Waals surface area contributed by atoms with Gasteiger partial charge in [0.1, 0.15) is 5.82 Å². The van der Waals surface area contributed by atoms with Crippen molar-refractivity contribution in [2.75, 3.05) is 48.3 Å². The molecular weight excluding hydrogens is 485 g/mol. The highest BCUT2D eigenvalue weighted by atomic mass is 19.1. The number of benzene rings is 3. The van der Waals surface area contributed by atoms with E-state index in [-0.39, 0.29) is 24.2 Å². The summed E-state index contributed by atoms with van der Waals surface area (Å²) in [7, 11) is 0. The number of amides is 2. The van der Waals surface area contributed by atoms with Crippen LogP contribution in [0.5, 0.6) is 0 Å². The number of carbonyl (C=O) groups excluding carboxylic acids is 2. The number of nitrogens with one attached hydrogen (secondary N) is 2. The van der Waals surface area contributed by atoms with E-state index in [1.165, 1.54) is 13.0 Å². The van der Waals surface area contributed by atoms with Crippen LogP contribution >= 0.6 is 0 Å². The lowest BCUT2D eigenvalue weighted by Gasteiger charge is -2.35. The standard InChI is InChI=1S/C28H28FN7O2/c1-18(37)32-21-6-2-4-19(14-21)23-7-3-5-20-16-31-28(34-27(20)23)33-22-8-9-25(24(29)15-22)36-12-10-35(11-13-36)17-26(30)38/h2-9,14-16H,10-13,17H2,1H3,(H2,30,38)(H,32,37)(H,31,33,34). The Morgan fingerprint density at radius 1 is 1.00 bits per heavy atom. The Labute approximate surface area is 219 Å². The minimum Gasteiger partial charge on any atom is -0.369 e. The van der Waals surface area contributed by atoms with Crippen LogP contribution < -0.4 is 21.3 Å². The second-order valence-corrected chi connectivity index (χ2v) is 9.22. The van der Waals surface area contributed by atoms with Gasteiger partial charge in [0, 0.05) is 61.6 Å². The number of carbonyl (C=O) groups is 2. The lowest BCUT2D eigenvalue weighted by molar-refractivity contribution is -0.119. The molecule has 4 N–H and O–H groups in total. The van der Waals surface area contributed by atoms with E-state index in [1.54, 1.807) is 18.3 Å². The van der Waals surface area contributed by atoms with Gasteiger partial charge in [0.2, 0.25) is 17.8 Å². The third-order valence-corrected chi connectivity index (χ3v) is 6.40. The Bertz CT molecular complexity index is 1500. The zero-order valence-corrected chi connectivity index (χ0v) is 20.9. The van der Waals surface area contributed by atoms with E-state index in [1.807, 2.05) is 52.3 Å². The van der Waals surface area contributed by atoms with E-state index in [9.17, 15) is 9.59 Å². The fourth-order valence-corrected chi connectivity index (χ4v) is 4.65. The van der Waals surface area contributed by atoms with Gasteiger partial charge in [-0.1, -0.05) is 30.3 Å². The van der Waals surface area contributed by atoms with Crippen LogP contribution in [0, 0.1) is 5.82 Å². The van der Waals surface area contributed by atoms with E-state index >= 15 is 4.39 Å². The van der Waals surface area contributed by atoms with Gasteiger partial charge in [0.05, 0.1) is 17.7 Å². The number of hydrogen-bond acceptors (Lipinski definition) is 7. The SMILES string of the molecule is CC(=O)Nc1cccc(-c2cccc3cnc(Nc4ccc(N5CCN(CC(N)=O)CC5)c(F)c4)nc23)c1. The molecule has 0 atom stereocenters. The number of rotatable bonds is 7. The second kappa shape index (κ2) is 10.8. The molecule has 4 aromatic rings. The largest absolute Gasteiger partial charge is 0.369 e. The van der Waals surface area contributed by atoms with Crippen LogP contribution in [0.1, 0.15) is 6.92 Å². The monoisotopic (exact) mass is 513 g/mol. The smallest absolute Gasteiger partial charge is 0.231 e. The number of primary amides is 1. The van der Waals surface area contributed by atoms with Crippen molar-refractivity contribution in [2.45, 2.75) is 6.92 Å². The second-order valence-electron chi connectivity index (χ2n) is 9.22. The molecular formula is C28H28FN7O2. The Balaban J connectivity index is 1.36. The molecule has 0 saturated carbocycles. The van der Waals surface area contributed by atoms with Crippen LogP contribution in [-0.2, 0) is 9.59 Å². The fourth-order valence-electron chi connectivity index (χ4n) is 4.65. The molecule has 5 rings (SSSR count). The minimum atomic E-state index is -0.360. The van der Waals surface area contributed by atoms with E-state index < -0.39 is 0 Å². The Morgan fingerprint density at radius 3 is 2.53 bits per heavy atom. The first-order chi connectivity index (χ1) is 18.4. The zero-order chi connectivity index (χ0) is 26.6. The van der Waals surface area contributed by atoms with Gasteiger partial charge in [-0.3, -0.25) is 14.5 Å². The maximum absolute atomic E-state index is 15.1. The molecule has 1 saturated heterocycles. The summed E-state index contributed by atoms with van der Waals surface area (Å²) in [6, 6.07) is 18.3. The maximum Gasteiger partial charge on any atom is 0.231 e. The van der Waals surface area contributed by atoms with Gasteiger partial charge in [-0.15, -0.1) is 0 Å². The number of nitrogens with two attached hydrogens (primary N) is 1. The van der Waals surface area contributed by atoms with Crippen molar-refractivity contribution in [1.29, 1.82) is 0 Å². The van der Waals surface area contributed by atoms with Crippen molar-refractivity contribution in [3.05, 3.63) is 72.7 Å². The summed E-state index contributed by atoms with van der Waals surface area (Å²) < 4.78 is 15.1. The number of halogens is 1. The van der Waals surface area contributed by atoms with Gasteiger partial charge in [-0.25, -0.2) is 14.4 Å². The number of aromatic nitrogens is 2. The molecule has 9 nitrogen and oxygen atoms in total. The third kappa shape index (κ3) is 5.70. The molecule has 1 aliphatic heterocycles. The molecule has 1 aliphatic rings. The highest BCUT2D eigenvalue weighted by Gasteiger charge is 2.20. The molecule has 0 aliphatic carbocycles. The highest BCUT2D eigenvalue weighted by molar-refractivity contribution is 5.95. The predicted octanol–water partition coefficient (Wildman–Crippen LogP) is 3.75. The molecule has 0 unspecified atom stereocenters. The molecule has 194 valence electrons. The molecule has 2 amide bonds. The predicted molar refractivity (Wildman–Crippen MR) is 147 cm³/mol. The number of fused-ring (bicyclic) bond motifs is 1. The summed E-state index contributed by atoms with van der Waals surface area (Å²) in [6.07, 6.45) is 1.72. The van der Waals surface area contributed by atoms with Gasteiger partial charge in [-0.05, 0) is 35.9 Å². The van der Waals surface area contributed by atoms with Crippen molar-refractivity contribution >= 4 is 45.7 Å². The van der Waals surface area contributed by atoms with E-state index in [0.717, 1.165) is 22.0 Å². The fraction of sp³-hybridized carbons (Fsp3) is 0.214. The van der Waals surface area contributed by atoms with Crippen molar-refractivity contribution in [2.24, 2.45) is 5.73 Å². The number of anilines is 4. The van der Waals surface area contributed by atoms with Crippen LogP contribution in [0.2, 0.25) is 0 Å². The van der Waals surface area contributed by atoms with Gasteiger partial charge < -0.3 is 21.3 Å². The average Bonchev–Trinajstić information content (AvgIpc) is 2.88. The van der Waals surface area contributed by atoms with Crippen molar-refractivity contribution < 1.29 is 14.0 Å². The average molecular weight is 514 g/mol. The van der Waals surface area contributed by atoms with Crippen LogP contribution in [0.15, 0.2) is 66.9 Å². The Hall–Kier alpha value is -4.57. The van der Waals surface area contributed by atoms with Gasteiger partial charge in [-0.2, -0.15) is 0 Å². The molecule has 1 fully saturated rings. The Kier molecular flexibility index (Phi) is 7.14. The lowest BCUT2D eigenvalue weighted by atomic mass is 10.0. The number of piperazine rings is 1.